The van der Waals surface area contributed by atoms with Crippen molar-refractivity contribution >= 4 is 32.7 Å². The van der Waals surface area contributed by atoms with Crippen LogP contribution < -0.4 is 5.73 Å². The van der Waals surface area contributed by atoms with Crippen molar-refractivity contribution in [3.05, 3.63) is 46.7 Å². The van der Waals surface area contributed by atoms with E-state index < -0.39 is 0 Å². The van der Waals surface area contributed by atoms with Gasteiger partial charge >= 0.3 is 0 Å². The molecular formula is C13H8BrFN2O. The molecule has 0 aliphatic carbocycles. The lowest BCUT2D eigenvalue weighted by atomic mass is 10.2. The van der Waals surface area contributed by atoms with E-state index in [4.69, 9.17) is 10.2 Å². The van der Waals surface area contributed by atoms with Crippen molar-refractivity contribution < 1.29 is 8.81 Å². The predicted octanol–water partition coefficient (Wildman–Crippen LogP) is 3.98. The highest BCUT2D eigenvalue weighted by atomic mass is 79.9. The molecule has 0 saturated carbocycles. The van der Waals surface area contributed by atoms with Gasteiger partial charge in [0.15, 0.2) is 5.58 Å². The van der Waals surface area contributed by atoms with Gasteiger partial charge in [0.2, 0.25) is 5.89 Å². The number of oxazole rings is 1. The summed E-state index contributed by atoms with van der Waals surface area (Å²) in [6.45, 7) is 0. The average molecular weight is 307 g/mol. The molecule has 0 radical (unpaired) electrons. The first-order valence-electron chi connectivity index (χ1n) is 5.25. The molecule has 0 aliphatic rings. The quantitative estimate of drug-likeness (QED) is 0.692. The number of fused-ring (bicyclic) bond motifs is 1. The Morgan fingerprint density at radius 1 is 1.17 bits per heavy atom. The van der Waals surface area contributed by atoms with E-state index >= 15 is 0 Å². The zero-order valence-corrected chi connectivity index (χ0v) is 10.7. The molecule has 1 heterocycles. The number of nitrogen functional groups attached to an aromatic ring is 1. The van der Waals surface area contributed by atoms with Crippen molar-refractivity contribution in [2.24, 2.45) is 0 Å². The Balaban J connectivity index is 2.16. The number of nitrogens with zero attached hydrogens (tertiary/aromatic N) is 1. The Hall–Kier alpha value is -1.88. The summed E-state index contributed by atoms with van der Waals surface area (Å²) in [6.07, 6.45) is 0. The fourth-order valence-electron chi connectivity index (χ4n) is 1.68. The first kappa shape index (κ1) is 11.2. The maximum Gasteiger partial charge on any atom is 0.227 e. The van der Waals surface area contributed by atoms with Crippen molar-refractivity contribution in [1.29, 1.82) is 0 Å². The predicted molar refractivity (Wildman–Crippen MR) is 71.5 cm³/mol. The normalized spacial score (nSPS) is 11.0. The minimum atomic E-state index is -0.333. The lowest BCUT2D eigenvalue weighted by Crippen LogP contribution is -1.86. The van der Waals surface area contributed by atoms with Gasteiger partial charge in [0.25, 0.3) is 0 Å². The van der Waals surface area contributed by atoms with Gasteiger partial charge in [0, 0.05) is 21.8 Å². The van der Waals surface area contributed by atoms with Crippen molar-refractivity contribution in [2.45, 2.75) is 0 Å². The Morgan fingerprint density at radius 2 is 2.00 bits per heavy atom. The maximum absolute atomic E-state index is 13.1. The molecule has 0 atom stereocenters. The number of benzene rings is 2. The van der Waals surface area contributed by atoms with Crippen LogP contribution in [0.3, 0.4) is 0 Å². The molecule has 3 rings (SSSR count). The van der Waals surface area contributed by atoms with Gasteiger partial charge < -0.3 is 10.2 Å². The molecule has 90 valence electrons. The standard InChI is InChI=1S/C13H8BrFN2O/c14-9-5-7(1-3-10(9)16)13-17-11-6-8(15)2-4-12(11)18-13/h1-6H,16H2. The minimum absolute atomic E-state index is 0.333. The third-order valence-electron chi connectivity index (χ3n) is 2.60. The molecule has 3 aromatic rings. The van der Waals surface area contributed by atoms with Crippen LogP contribution in [-0.2, 0) is 0 Å². The smallest absolute Gasteiger partial charge is 0.227 e. The first-order chi connectivity index (χ1) is 8.63. The average Bonchev–Trinajstić information content (AvgIpc) is 2.75. The maximum atomic E-state index is 13.1. The first-order valence-corrected chi connectivity index (χ1v) is 6.04. The molecule has 0 spiro atoms. The highest BCUT2D eigenvalue weighted by Crippen LogP contribution is 2.29. The number of hydrogen-bond donors (Lipinski definition) is 1. The van der Waals surface area contributed by atoms with Crippen molar-refractivity contribution in [3.8, 4) is 11.5 Å². The van der Waals surface area contributed by atoms with Crippen LogP contribution in [0.2, 0.25) is 0 Å². The SMILES string of the molecule is Nc1ccc(-c2nc3cc(F)ccc3o2)cc1Br. The fraction of sp³-hybridized carbons (Fsp3) is 0. The third-order valence-corrected chi connectivity index (χ3v) is 3.28. The van der Waals surface area contributed by atoms with Crippen LogP contribution >= 0.6 is 15.9 Å². The van der Waals surface area contributed by atoms with Crippen molar-refractivity contribution in [1.82, 2.24) is 4.98 Å². The summed E-state index contributed by atoms with van der Waals surface area (Å²) in [4.78, 5) is 4.25. The Kier molecular flexibility index (Phi) is 2.56. The molecular weight excluding hydrogens is 299 g/mol. The molecule has 2 aromatic carbocycles. The van der Waals surface area contributed by atoms with E-state index in [1.165, 1.54) is 12.1 Å². The molecule has 0 amide bonds. The number of halogens is 2. The number of aromatic nitrogens is 1. The largest absolute Gasteiger partial charge is 0.436 e. The van der Waals surface area contributed by atoms with Crippen LogP contribution in [0, 0.1) is 5.82 Å². The van der Waals surface area contributed by atoms with E-state index in [1.807, 2.05) is 6.07 Å². The van der Waals surface area contributed by atoms with Gasteiger partial charge in [0.1, 0.15) is 11.3 Å². The molecule has 0 aliphatic heterocycles. The van der Waals surface area contributed by atoms with Gasteiger partial charge in [-0.1, -0.05) is 0 Å². The fourth-order valence-corrected chi connectivity index (χ4v) is 2.06. The lowest BCUT2D eigenvalue weighted by Gasteiger charge is -1.99. The summed E-state index contributed by atoms with van der Waals surface area (Å²) in [7, 11) is 0. The number of rotatable bonds is 1. The summed E-state index contributed by atoms with van der Waals surface area (Å²) in [5.74, 6) is 0.108. The molecule has 0 unspecified atom stereocenters. The highest BCUT2D eigenvalue weighted by Gasteiger charge is 2.10. The van der Waals surface area contributed by atoms with Gasteiger partial charge in [0.05, 0.1) is 0 Å². The van der Waals surface area contributed by atoms with Crippen LogP contribution in [0.15, 0.2) is 45.3 Å². The molecule has 3 nitrogen and oxygen atoms in total. The van der Waals surface area contributed by atoms with Crippen molar-refractivity contribution in [2.75, 3.05) is 5.73 Å². The zero-order chi connectivity index (χ0) is 12.7. The third kappa shape index (κ3) is 1.86. The summed E-state index contributed by atoms with van der Waals surface area (Å²) >= 11 is 3.34. The van der Waals surface area contributed by atoms with Gasteiger partial charge in [-0.05, 0) is 46.3 Å². The van der Waals surface area contributed by atoms with Crippen molar-refractivity contribution in [3.63, 3.8) is 0 Å². The van der Waals surface area contributed by atoms with E-state index in [0.717, 1.165) is 10.0 Å². The second kappa shape index (κ2) is 4.10. The second-order valence-electron chi connectivity index (χ2n) is 3.87. The van der Waals surface area contributed by atoms with E-state index in [0.29, 0.717) is 22.7 Å². The summed E-state index contributed by atoms with van der Waals surface area (Å²) < 4.78 is 19.4. The van der Waals surface area contributed by atoms with Crippen LogP contribution in [0.5, 0.6) is 0 Å². The van der Waals surface area contributed by atoms with E-state index in [2.05, 4.69) is 20.9 Å². The molecule has 1 aromatic heterocycles. The molecule has 0 bridgehead atoms. The molecule has 0 saturated heterocycles. The van der Waals surface area contributed by atoms with E-state index in [-0.39, 0.29) is 5.82 Å². The highest BCUT2D eigenvalue weighted by molar-refractivity contribution is 9.10. The number of anilines is 1. The van der Waals surface area contributed by atoms with Crippen LogP contribution in [0.4, 0.5) is 10.1 Å². The summed E-state index contributed by atoms with van der Waals surface area (Å²) in [5.41, 5.74) is 8.19. The molecule has 0 fully saturated rings. The van der Waals surface area contributed by atoms with Crippen LogP contribution in [-0.4, -0.2) is 4.98 Å². The Bertz CT molecular complexity index is 739. The lowest BCUT2D eigenvalue weighted by molar-refractivity contribution is 0.614. The van der Waals surface area contributed by atoms with Gasteiger partial charge in [-0.15, -0.1) is 0 Å². The van der Waals surface area contributed by atoms with Crippen LogP contribution in [0.25, 0.3) is 22.6 Å². The van der Waals surface area contributed by atoms with E-state index in [9.17, 15) is 4.39 Å². The van der Waals surface area contributed by atoms with Crippen LogP contribution in [0.1, 0.15) is 0 Å². The van der Waals surface area contributed by atoms with Gasteiger partial charge in [-0.25, -0.2) is 9.37 Å². The van der Waals surface area contributed by atoms with Gasteiger partial charge in [-0.2, -0.15) is 0 Å². The van der Waals surface area contributed by atoms with E-state index in [1.54, 1.807) is 18.2 Å². The summed E-state index contributed by atoms with van der Waals surface area (Å²) in [6, 6.07) is 9.63. The zero-order valence-electron chi connectivity index (χ0n) is 9.15. The molecule has 2 N–H and O–H groups in total. The monoisotopic (exact) mass is 306 g/mol. The minimum Gasteiger partial charge on any atom is -0.436 e. The Morgan fingerprint density at radius 3 is 2.78 bits per heavy atom. The van der Waals surface area contributed by atoms with Gasteiger partial charge in [-0.3, -0.25) is 0 Å². The topological polar surface area (TPSA) is 52.0 Å². The second-order valence-corrected chi connectivity index (χ2v) is 4.72. The summed E-state index contributed by atoms with van der Waals surface area (Å²) in [5, 5.41) is 0. The number of nitrogens with two attached hydrogens (primary N) is 1. The molecule has 18 heavy (non-hydrogen) atoms. The molecule has 5 heteroatoms. The Labute approximate surface area is 111 Å². The number of hydrogen-bond acceptors (Lipinski definition) is 3.